The standard InChI is InChI=1S/C21H20N4O2/c1-2-27-17-9-7-16(8-10-17)24-21(26)18-13-20(23-14-22-18)25-12-11-15-5-3-4-6-19(15)25/h3-10,13-14H,2,11-12H2,1H3,(H,24,26). The van der Waals surface area contributed by atoms with Crippen LogP contribution >= 0.6 is 0 Å². The molecule has 2 aromatic carbocycles. The van der Waals surface area contributed by atoms with Gasteiger partial charge in [0.25, 0.3) is 5.91 Å². The highest BCUT2D eigenvalue weighted by molar-refractivity contribution is 6.03. The Bertz CT molecular complexity index is 956. The van der Waals surface area contributed by atoms with E-state index < -0.39 is 0 Å². The SMILES string of the molecule is CCOc1ccc(NC(=O)c2cc(N3CCc4ccccc43)ncn2)cc1. The Hall–Kier alpha value is -3.41. The third kappa shape index (κ3) is 3.60. The van der Waals surface area contributed by atoms with Crippen LogP contribution in [0.1, 0.15) is 23.0 Å². The Labute approximate surface area is 157 Å². The molecule has 1 N–H and O–H groups in total. The van der Waals surface area contributed by atoms with Gasteiger partial charge in [0.05, 0.1) is 6.61 Å². The number of hydrogen-bond acceptors (Lipinski definition) is 5. The summed E-state index contributed by atoms with van der Waals surface area (Å²) in [5.41, 5.74) is 3.44. The van der Waals surface area contributed by atoms with Crippen LogP contribution in [0.2, 0.25) is 0 Å². The number of carbonyl (C=O) groups is 1. The summed E-state index contributed by atoms with van der Waals surface area (Å²) < 4.78 is 5.41. The summed E-state index contributed by atoms with van der Waals surface area (Å²) in [5.74, 6) is 1.23. The number of nitrogens with zero attached hydrogens (tertiary/aromatic N) is 3. The third-order valence-electron chi connectivity index (χ3n) is 4.47. The minimum Gasteiger partial charge on any atom is -0.494 e. The van der Waals surface area contributed by atoms with Crippen LogP contribution in [-0.2, 0) is 6.42 Å². The number of ether oxygens (including phenoxy) is 1. The summed E-state index contributed by atoms with van der Waals surface area (Å²) in [7, 11) is 0. The van der Waals surface area contributed by atoms with Crippen LogP contribution in [0.3, 0.4) is 0 Å². The first kappa shape index (κ1) is 17.0. The van der Waals surface area contributed by atoms with Gasteiger partial charge in [-0.15, -0.1) is 0 Å². The van der Waals surface area contributed by atoms with E-state index in [4.69, 9.17) is 4.74 Å². The lowest BCUT2D eigenvalue weighted by molar-refractivity contribution is 0.102. The molecule has 136 valence electrons. The number of rotatable bonds is 5. The first-order chi connectivity index (χ1) is 13.2. The van der Waals surface area contributed by atoms with E-state index in [0.717, 1.165) is 30.2 Å². The molecule has 0 unspecified atom stereocenters. The summed E-state index contributed by atoms with van der Waals surface area (Å²) in [4.78, 5) is 23.2. The van der Waals surface area contributed by atoms with Crippen LogP contribution in [0, 0.1) is 0 Å². The minimum atomic E-state index is -0.268. The number of amides is 1. The van der Waals surface area contributed by atoms with Crippen molar-refractivity contribution in [3.63, 3.8) is 0 Å². The van der Waals surface area contributed by atoms with Crippen molar-refractivity contribution in [1.82, 2.24) is 9.97 Å². The van der Waals surface area contributed by atoms with Crippen LogP contribution in [-0.4, -0.2) is 29.0 Å². The van der Waals surface area contributed by atoms with E-state index in [1.807, 2.05) is 43.3 Å². The molecule has 1 aliphatic rings. The molecular formula is C21H20N4O2. The molecule has 0 spiro atoms. The fourth-order valence-corrected chi connectivity index (χ4v) is 3.19. The molecule has 0 bridgehead atoms. The summed E-state index contributed by atoms with van der Waals surface area (Å²) in [6, 6.07) is 17.2. The Morgan fingerprint density at radius 2 is 1.96 bits per heavy atom. The zero-order valence-electron chi connectivity index (χ0n) is 15.1. The van der Waals surface area contributed by atoms with Gasteiger partial charge >= 0.3 is 0 Å². The van der Waals surface area contributed by atoms with Gasteiger partial charge in [0.15, 0.2) is 0 Å². The van der Waals surface area contributed by atoms with Crippen molar-refractivity contribution in [3.8, 4) is 5.75 Å². The minimum absolute atomic E-state index is 0.268. The molecule has 0 saturated carbocycles. The molecule has 0 atom stereocenters. The monoisotopic (exact) mass is 360 g/mol. The lowest BCUT2D eigenvalue weighted by Crippen LogP contribution is -2.18. The van der Waals surface area contributed by atoms with Crippen molar-refractivity contribution in [2.75, 3.05) is 23.4 Å². The number of carbonyl (C=O) groups excluding carboxylic acids is 1. The normalized spacial score (nSPS) is 12.6. The number of fused-ring (bicyclic) bond motifs is 1. The first-order valence-corrected chi connectivity index (χ1v) is 8.96. The molecule has 1 aliphatic heterocycles. The summed E-state index contributed by atoms with van der Waals surface area (Å²) in [6.07, 6.45) is 2.40. The maximum Gasteiger partial charge on any atom is 0.274 e. The number of para-hydroxylation sites is 1. The molecule has 6 heteroatoms. The molecule has 2 heterocycles. The molecule has 27 heavy (non-hydrogen) atoms. The van der Waals surface area contributed by atoms with E-state index in [-0.39, 0.29) is 5.91 Å². The second-order valence-electron chi connectivity index (χ2n) is 6.20. The quantitative estimate of drug-likeness (QED) is 0.749. The highest BCUT2D eigenvalue weighted by atomic mass is 16.5. The van der Waals surface area contributed by atoms with Gasteiger partial charge in [-0.1, -0.05) is 18.2 Å². The van der Waals surface area contributed by atoms with Crippen LogP contribution in [0.15, 0.2) is 60.9 Å². The molecule has 0 fully saturated rings. The zero-order valence-corrected chi connectivity index (χ0v) is 15.1. The second-order valence-corrected chi connectivity index (χ2v) is 6.20. The fourth-order valence-electron chi connectivity index (χ4n) is 3.19. The molecule has 1 amide bonds. The van der Waals surface area contributed by atoms with Gasteiger partial charge in [0.2, 0.25) is 0 Å². The Kier molecular flexibility index (Phi) is 4.70. The van der Waals surface area contributed by atoms with E-state index in [0.29, 0.717) is 18.0 Å². The van der Waals surface area contributed by atoms with Crippen LogP contribution < -0.4 is 15.0 Å². The van der Waals surface area contributed by atoms with Gasteiger partial charge in [-0.2, -0.15) is 0 Å². The predicted molar refractivity (Wildman–Crippen MR) is 105 cm³/mol. The van der Waals surface area contributed by atoms with E-state index >= 15 is 0 Å². The molecule has 0 aliphatic carbocycles. The number of anilines is 3. The van der Waals surface area contributed by atoms with Gasteiger partial charge in [0, 0.05) is 24.0 Å². The van der Waals surface area contributed by atoms with Crippen molar-refractivity contribution in [2.24, 2.45) is 0 Å². The Morgan fingerprint density at radius 1 is 1.15 bits per heavy atom. The van der Waals surface area contributed by atoms with Crippen LogP contribution in [0.4, 0.5) is 17.2 Å². The van der Waals surface area contributed by atoms with E-state index in [9.17, 15) is 4.79 Å². The largest absolute Gasteiger partial charge is 0.494 e. The Balaban J connectivity index is 1.51. The maximum absolute atomic E-state index is 12.6. The van der Waals surface area contributed by atoms with E-state index in [1.54, 1.807) is 6.07 Å². The summed E-state index contributed by atoms with van der Waals surface area (Å²) >= 11 is 0. The highest BCUT2D eigenvalue weighted by Crippen LogP contribution is 2.33. The van der Waals surface area contributed by atoms with Crippen LogP contribution in [0.25, 0.3) is 0 Å². The molecule has 1 aromatic heterocycles. The average molecular weight is 360 g/mol. The van der Waals surface area contributed by atoms with Crippen molar-refractivity contribution in [2.45, 2.75) is 13.3 Å². The number of benzene rings is 2. The maximum atomic E-state index is 12.6. The number of hydrogen-bond donors (Lipinski definition) is 1. The zero-order chi connectivity index (χ0) is 18.6. The predicted octanol–water partition coefficient (Wildman–Crippen LogP) is 3.82. The summed E-state index contributed by atoms with van der Waals surface area (Å²) in [5, 5.41) is 2.86. The van der Waals surface area contributed by atoms with E-state index in [1.165, 1.54) is 11.9 Å². The molecule has 3 aromatic rings. The highest BCUT2D eigenvalue weighted by Gasteiger charge is 2.22. The van der Waals surface area contributed by atoms with Gasteiger partial charge in [0.1, 0.15) is 23.6 Å². The fraction of sp³-hybridized carbons (Fsp3) is 0.190. The number of nitrogens with one attached hydrogen (secondary N) is 1. The van der Waals surface area contributed by atoms with Crippen LogP contribution in [0.5, 0.6) is 5.75 Å². The van der Waals surface area contributed by atoms with Gasteiger partial charge in [-0.25, -0.2) is 9.97 Å². The second kappa shape index (κ2) is 7.45. The van der Waals surface area contributed by atoms with Gasteiger partial charge in [-0.05, 0) is 49.2 Å². The third-order valence-corrected chi connectivity index (χ3v) is 4.47. The van der Waals surface area contributed by atoms with Gasteiger partial charge < -0.3 is 15.0 Å². The van der Waals surface area contributed by atoms with Crippen molar-refractivity contribution >= 4 is 23.1 Å². The molecule has 0 radical (unpaired) electrons. The molecular weight excluding hydrogens is 340 g/mol. The van der Waals surface area contributed by atoms with Crippen molar-refractivity contribution in [1.29, 1.82) is 0 Å². The summed E-state index contributed by atoms with van der Waals surface area (Å²) in [6.45, 7) is 3.38. The van der Waals surface area contributed by atoms with Crippen molar-refractivity contribution in [3.05, 3.63) is 72.2 Å². The molecule has 4 rings (SSSR count). The Morgan fingerprint density at radius 3 is 2.78 bits per heavy atom. The van der Waals surface area contributed by atoms with Gasteiger partial charge in [-0.3, -0.25) is 4.79 Å². The lowest BCUT2D eigenvalue weighted by atomic mass is 10.2. The number of aromatic nitrogens is 2. The average Bonchev–Trinajstić information content (AvgIpc) is 3.14. The van der Waals surface area contributed by atoms with E-state index in [2.05, 4.69) is 32.3 Å². The lowest BCUT2D eigenvalue weighted by Gasteiger charge is -2.18. The topological polar surface area (TPSA) is 67.3 Å². The first-order valence-electron chi connectivity index (χ1n) is 8.96. The molecule has 0 saturated heterocycles. The molecule has 6 nitrogen and oxygen atoms in total. The smallest absolute Gasteiger partial charge is 0.274 e. The van der Waals surface area contributed by atoms with Crippen molar-refractivity contribution < 1.29 is 9.53 Å².